The quantitative estimate of drug-likeness (QED) is 0.819. The van der Waals surface area contributed by atoms with Crippen molar-refractivity contribution >= 4 is 23.0 Å². The summed E-state index contributed by atoms with van der Waals surface area (Å²) < 4.78 is 5.66. The van der Waals surface area contributed by atoms with E-state index in [0.717, 1.165) is 18.4 Å². The second kappa shape index (κ2) is 7.01. The fourth-order valence-electron chi connectivity index (χ4n) is 3.51. The number of amides is 1. The molecule has 1 amide bonds. The SMILES string of the molecule is O=C(C1=C(O)C(=O)N(CC2CCCO2)C1c1ccncc1)c1cccs1. The second-order valence-corrected chi connectivity index (χ2v) is 7.29. The first-order valence-corrected chi connectivity index (χ1v) is 9.38. The lowest BCUT2D eigenvalue weighted by Gasteiger charge is -2.28. The summed E-state index contributed by atoms with van der Waals surface area (Å²) in [6, 6.07) is 6.37. The van der Waals surface area contributed by atoms with Crippen LogP contribution in [0.15, 0.2) is 53.4 Å². The molecular formula is C19H18N2O4S. The third-order valence-corrected chi connectivity index (χ3v) is 5.61. The van der Waals surface area contributed by atoms with Crippen LogP contribution in [0, 0.1) is 0 Å². The monoisotopic (exact) mass is 370 g/mol. The van der Waals surface area contributed by atoms with E-state index in [0.29, 0.717) is 18.0 Å². The van der Waals surface area contributed by atoms with Gasteiger partial charge < -0.3 is 14.7 Å². The molecule has 7 heteroatoms. The molecule has 0 radical (unpaired) electrons. The first-order valence-electron chi connectivity index (χ1n) is 8.50. The zero-order valence-electron chi connectivity index (χ0n) is 14.0. The Balaban J connectivity index is 1.74. The van der Waals surface area contributed by atoms with Crippen molar-refractivity contribution < 1.29 is 19.4 Å². The van der Waals surface area contributed by atoms with E-state index in [1.807, 2.05) is 0 Å². The molecule has 2 atom stereocenters. The molecule has 134 valence electrons. The zero-order chi connectivity index (χ0) is 18.1. The summed E-state index contributed by atoms with van der Waals surface area (Å²) in [7, 11) is 0. The largest absolute Gasteiger partial charge is 0.503 e. The van der Waals surface area contributed by atoms with Crippen LogP contribution < -0.4 is 0 Å². The van der Waals surface area contributed by atoms with Crippen molar-refractivity contribution in [3.8, 4) is 0 Å². The predicted molar refractivity (Wildman–Crippen MR) is 96.0 cm³/mol. The molecule has 0 aliphatic carbocycles. The zero-order valence-corrected chi connectivity index (χ0v) is 14.8. The topological polar surface area (TPSA) is 79.7 Å². The van der Waals surface area contributed by atoms with E-state index < -0.39 is 17.7 Å². The number of aromatic nitrogens is 1. The Bertz CT molecular complexity index is 842. The highest BCUT2D eigenvalue weighted by molar-refractivity contribution is 7.12. The summed E-state index contributed by atoms with van der Waals surface area (Å²) in [4.78, 5) is 31.8. The lowest BCUT2D eigenvalue weighted by Crippen LogP contribution is -2.37. The summed E-state index contributed by atoms with van der Waals surface area (Å²) in [6.45, 7) is 1.02. The van der Waals surface area contributed by atoms with Crippen LogP contribution in [0.3, 0.4) is 0 Å². The number of carbonyl (C=O) groups excluding carboxylic acids is 2. The minimum absolute atomic E-state index is 0.0766. The number of hydrogen-bond donors (Lipinski definition) is 1. The number of carbonyl (C=O) groups is 2. The van der Waals surface area contributed by atoms with Gasteiger partial charge in [-0.2, -0.15) is 0 Å². The van der Waals surface area contributed by atoms with Gasteiger partial charge in [-0.15, -0.1) is 11.3 Å². The Morgan fingerprint density at radius 3 is 2.81 bits per heavy atom. The Morgan fingerprint density at radius 1 is 1.35 bits per heavy atom. The number of ether oxygens (including phenoxy) is 1. The van der Waals surface area contributed by atoms with E-state index in [-0.39, 0.29) is 17.5 Å². The number of nitrogens with zero attached hydrogens (tertiary/aromatic N) is 2. The van der Waals surface area contributed by atoms with Crippen LogP contribution in [0.2, 0.25) is 0 Å². The summed E-state index contributed by atoms with van der Waals surface area (Å²) in [5.74, 6) is -1.31. The fourth-order valence-corrected chi connectivity index (χ4v) is 4.19. The van der Waals surface area contributed by atoms with E-state index in [2.05, 4.69) is 4.98 Å². The molecule has 0 aromatic carbocycles. The molecule has 6 nitrogen and oxygen atoms in total. The smallest absolute Gasteiger partial charge is 0.290 e. The van der Waals surface area contributed by atoms with Gasteiger partial charge in [0.2, 0.25) is 5.78 Å². The van der Waals surface area contributed by atoms with E-state index >= 15 is 0 Å². The lowest BCUT2D eigenvalue weighted by atomic mass is 9.96. The van der Waals surface area contributed by atoms with Gasteiger partial charge in [-0.3, -0.25) is 14.6 Å². The molecule has 0 spiro atoms. The average Bonchev–Trinajstić information content (AvgIpc) is 3.40. The van der Waals surface area contributed by atoms with Gasteiger partial charge in [-0.1, -0.05) is 6.07 Å². The molecule has 0 bridgehead atoms. The van der Waals surface area contributed by atoms with Crippen molar-refractivity contribution in [1.82, 2.24) is 9.88 Å². The first-order chi connectivity index (χ1) is 12.7. The summed E-state index contributed by atoms with van der Waals surface area (Å²) in [5, 5.41) is 12.3. The van der Waals surface area contributed by atoms with Gasteiger partial charge in [0.1, 0.15) is 0 Å². The Morgan fingerprint density at radius 2 is 2.15 bits per heavy atom. The Kier molecular flexibility index (Phi) is 4.57. The number of aliphatic hydroxyl groups excluding tert-OH is 1. The van der Waals surface area contributed by atoms with Crippen LogP contribution in [0.5, 0.6) is 0 Å². The summed E-state index contributed by atoms with van der Waals surface area (Å²) in [5.41, 5.74) is 0.872. The van der Waals surface area contributed by atoms with Gasteiger partial charge in [0.25, 0.3) is 5.91 Å². The molecule has 1 fully saturated rings. The van der Waals surface area contributed by atoms with Gasteiger partial charge in [0.15, 0.2) is 5.76 Å². The van der Waals surface area contributed by atoms with Gasteiger partial charge in [-0.25, -0.2) is 0 Å². The van der Waals surface area contributed by atoms with E-state index in [1.54, 1.807) is 46.9 Å². The number of rotatable bonds is 5. The third-order valence-electron chi connectivity index (χ3n) is 4.74. The van der Waals surface area contributed by atoms with Gasteiger partial charge in [0, 0.05) is 25.5 Å². The number of ketones is 1. The number of Topliss-reactive ketones (excluding diaryl/α,β-unsaturated/α-hetero) is 1. The molecule has 1 N–H and O–H groups in total. The highest BCUT2D eigenvalue weighted by Crippen LogP contribution is 2.39. The van der Waals surface area contributed by atoms with Crippen molar-refractivity contribution in [3.63, 3.8) is 0 Å². The fraction of sp³-hybridized carbons (Fsp3) is 0.316. The standard InChI is InChI=1S/C19H18N2O4S/c22-17(14-4-2-10-26-14)15-16(12-5-7-20-8-6-12)21(19(24)18(15)23)11-13-3-1-9-25-13/h2,4-8,10,13,16,23H,1,3,9,11H2. The molecule has 2 aliphatic heterocycles. The molecule has 1 saturated heterocycles. The van der Waals surface area contributed by atoms with E-state index in [4.69, 9.17) is 4.74 Å². The molecule has 2 aliphatic rings. The number of aliphatic hydroxyl groups is 1. The van der Waals surface area contributed by atoms with Crippen molar-refractivity contribution in [2.24, 2.45) is 0 Å². The predicted octanol–water partition coefficient (Wildman–Crippen LogP) is 2.90. The summed E-state index contributed by atoms with van der Waals surface area (Å²) >= 11 is 1.29. The first kappa shape index (κ1) is 16.9. The third kappa shape index (κ3) is 2.93. The number of pyridine rings is 1. The highest BCUT2D eigenvalue weighted by atomic mass is 32.1. The van der Waals surface area contributed by atoms with Crippen molar-refractivity contribution in [1.29, 1.82) is 0 Å². The van der Waals surface area contributed by atoms with Crippen LogP contribution in [0.4, 0.5) is 0 Å². The maximum Gasteiger partial charge on any atom is 0.290 e. The van der Waals surface area contributed by atoms with Crippen LogP contribution in [-0.2, 0) is 9.53 Å². The molecular weight excluding hydrogens is 352 g/mol. The van der Waals surface area contributed by atoms with Crippen LogP contribution >= 0.6 is 11.3 Å². The molecule has 4 rings (SSSR count). The lowest BCUT2D eigenvalue weighted by molar-refractivity contribution is -0.131. The highest BCUT2D eigenvalue weighted by Gasteiger charge is 2.44. The summed E-state index contributed by atoms with van der Waals surface area (Å²) in [6.07, 6.45) is 4.97. The van der Waals surface area contributed by atoms with Gasteiger partial charge in [0.05, 0.1) is 22.6 Å². The normalized spacial score (nSPS) is 23.1. The Hall–Kier alpha value is -2.51. The number of thiophene rings is 1. The maximum atomic E-state index is 13.0. The van der Waals surface area contributed by atoms with E-state index in [9.17, 15) is 14.7 Å². The van der Waals surface area contributed by atoms with Crippen LogP contribution in [0.25, 0.3) is 0 Å². The number of hydrogen-bond acceptors (Lipinski definition) is 6. The van der Waals surface area contributed by atoms with Crippen molar-refractivity contribution in [2.75, 3.05) is 13.2 Å². The molecule has 0 saturated carbocycles. The molecule has 4 heterocycles. The van der Waals surface area contributed by atoms with Gasteiger partial charge >= 0.3 is 0 Å². The van der Waals surface area contributed by atoms with Crippen molar-refractivity contribution in [3.05, 3.63) is 63.8 Å². The minimum atomic E-state index is -0.635. The average molecular weight is 370 g/mol. The molecule has 2 unspecified atom stereocenters. The Labute approximate surface area is 154 Å². The second-order valence-electron chi connectivity index (χ2n) is 6.34. The van der Waals surface area contributed by atoms with E-state index in [1.165, 1.54) is 11.3 Å². The molecule has 2 aromatic heterocycles. The minimum Gasteiger partial charge on any atom is -0.503 e. The van der Waals surface area contributed by atoms with Crippen LogP contribution in [0.1, 0.15) is 34.1 Å². The molecule has 2 aromatic rings. The van der Waals surface area contributed by atoms with Gasteiger partial charge in [-0.05, 0) is 42.0 Å². The molecule has 26 heavy (non-hydrogen) atoms. The van der Waals surface area contributed by atoms with Crippen LogP contribution in [-0.4, -0.2) is 45.9 Å². The van der Waals surface area contributed by atoms with Crippen molar-refractivity contribution in [2.45, 2.75) is 25.0 Å². The maximum absolute atomic E-state index is 13.0.